The molecule has 0 radical (unpaired) electrons. The number of hydrogen-bond acceptors (Lipinski definition) is 3. The summed E-state index contributed by atoms with van der Waals surface area (Å²) >= 11 is 0. The zero-order valence-electron chi connectivity index (χ0n) is 9.79. The molecule has 100 valence electrons. The van der Waals surface area contributed by atoms with Gasteiger partial charge in [-0.1, -0.05) is 13.8 Å². The molecule has 0 bridgehead atoms. The molecule has 0 aromatic carbocycles. The summed E-state index contributed by atoms with van der Waals surface area (Å²) in [6.45, 7) is 3.42. The van der Waals surface area contributed by atoms with Crippen molar-refractivity contribution in [3.05, 3.63) is 0 Å². The Bertz CT molecular complexity index is 281. The van der Waals surface area contributed by atoms with Crippen LogP contribution in [0.15, 0.2) is 0 Å². The van der Waals surface area contributed by atoms with Crippen LogP contribution in [0.25, 0.3) is 0 Å². The third kappa shape index (κ3) is 3.32. The Morgan fingerprint density at radius 3 is 2.53 bits per heavy atom. The molecule has 1 fully saturated rings. The van der Waals surface area contributed by atoms with Crippen LogP contribution < -0.4 is 5.32 Å². The Morgan fingerprint density at radius 2 is 2.12 bits per heavy atom. The van der Waals surface area contributed by atoms with Crippen molar-refractivity contribution >= 4 is 5.91 Å². The average Bonchev–Trinajstić information content (AvgIpc) is 2.25. The summed E-state index contributed by atoms with van der Waals surface area (Å²) < 4.78 is 37.1. The smallest absolute Gasteiger partial charge is 0.394 e. The quantitative estimate of drug-likeness (QED) is 0.748. The summed E-state index contributed by atoms with van der Waals surface area (Å²) in [5.74, 6) is -1.75. The molecular formula is C10H17F3N2O2. The van der Waals surface area contributed by atoms with Gasteiger partial charge in [0, 0.05) is 19.1 Å². The zero-order chi connectivity index (χ0) is 13.2. The van der Waals surface area contributed by atoms with Gasteiger partial charge in [-0.05, 0) is 5.92 Å². The number of carbonyl (C=O) groups is 1. The van der Waals surface area contributed by atoms with Crippen LogP contribution in [-0.4, -0.2) is 53.9 Å². The minimum atomic E-state index is -4.88. The van der Waals surface area contributed by atoms with Gasteiger partial charge in [0.1, 0.15) is 0 Å². The second-order valence-corrected chi connectivity index (χ2v) is 4.55. The SMILES string of the molecule is CC(C)C1CN(C(=O)C(F)(F)F)C(CO)CN1. The maximum absolute atomic E-state index is 12.4. The van der Waals surface area contributed by atoms with Crippen molar-refractivity contribution < 1.29 is 23.1 Å². The molecule has 7 heteroatoms. The number of nitrogens with one attached hydrogen (secondary N) is 1. The van der Waals surface area contributed by atoms with Gasteiger partial charge in [0.25, 0.3) is 0 Å². The number of amides is 1. The Balaban J connectivity index is 2.80. The van der Waals surface area contributed by atoms with Crippen molar-refractivity contribution in [3.8, 4) is 0 Å². The number of aliphatic hydroxyl groups is 1. The highest BCUT2D eigenvalue weighted by Gasteiger charge is 2.46. The third-order valence-corrected chi connectivity index (χ3v) is 2.97. The van der Waals surface area contributed by atoms with Gasteiger partial charge >= 0.3 is 12.1 Å². The van der Waals surface area contributed by atoms with E-state index < -0.39 is 24.7 Å². The number of aliphatic hydroxyl groups excluding tert-OH is 1. The van der Waals surface area contributed by atoms with E-state index in [0.29, 0.717) is 0 Å². The number of nitrogens with zero attached hydrogens (tertiary/aromatic N) is 1. The monoisotopic (exact) mass is 254 g/mol. The van der Waals surface area contributed by atoms with Crippen LogP contribution >= 0.6 is 0 Å². The number of halogens is 3. The third-order valence-electron chi connectivity index (χ3n) is 2.97. The lowest BCUT2D eigenvalue weighted by Gasteiger charge is -2.41. The maximum atomic E-state index is 12.4. The first-order valence-corrected chi connectivity index (χ1v) is 5.49. The van der Waals surface area contributed by atoms with E-state index in [-0.39, 0.29) is 25.0 Å². The number of piperazine rings is 1. The summed E-state index contributed by atoms with van der Waals surface area (Å²) in [5.41, 5.74) is 0. The van der Waals surface area contributed by atoms with Crippen LogP contribution in [0.2, 0.25) is 0 Å². The fraction of sp³-hybridized carbons (Fsp3) is 0.900. The second kappa shape index (κ2) is 5.22. The first-order valence-electron chi connectivity index (χ1n) is 5.49. The van der Waals surface area contributed by atoms with Gasteiger partial charge < -0.3 is 15.3 Å². The molecule has 2 N–H and O–H groups in total. The molecular weight excluding hydrogens is 237 g/mol. The molecule has 0 saturated carbocycles. The molecule has 1 rings (SSSR count). The summed E-state index contributed by atoms with van der Waals surface area (Å²) in [6.07, 6.45) is -4.88. The minimum Gasteiger partial charge on any atom is -0.394 e. The standard InChI is InChI=1S/C10H17F3N2O2/c1-6(2)8-4-15(7(5-16)3-14-8)9(17)10(11,12)13/h6-8,14,16H,3-5H2,1-2H3. The predicted octanol–water partition coefficient (Wildman–Crippen LogP) is 0.366. The molecule has 1 heterocycles. The number of hydrogen-bond donors (Lipinski definition) is 2. The van der Waals surface area contributed by atoms with Gasteiger partial charge in [-0.3, -0.25) is 4.79 Å². The fourth-order valence-corrected chi connectivity index (χ4v) is 1.84. The first-order chi connectivity index (χ1) is 7.77. The van der Waals surface area contributed by atoms with Gasteiger partial charge in [0.15, 0.2) is 0 Å². The summed E-state index contributed by atoms with van der Waals surface area (Å²) in [7, 11) is 0. The summed E-state index contributed by atoms with van der Waals surface area (Å²) in [5, 5.41) is 12.0. The summed E-state index contributed by atoms with van der Waals surface area (Å²) in [6, 6.07) is -0.983. The van der Waals surface area contributed by atoms with E-state index in [2.05, 4.69) is 5.32 Å². The van der Waals surface area contributed by atoms with E-state index in [1.165, 1.54) is 0 Å². The predicted molar refractivity (Wildman–Crippen MR) is 55.3 cm³/mol. The Labute approximate surface area is 97.8 Å². The number of rotatable bonds is 2. The fourth-order valence-electron chi connectivity index (χ4n) is 1.84. The first kappa shape index (κ1) is 14.2. The average molecular weight is 254 g/mol. The highest BCUT2D eigenvalue weighted by Crippen LogP contribution is 2.22. The summed E-state index contributed by atoms with van der Waals surface area (Å²) in [4.78, 5) is 11.9. The normalized spacial score (nSPS) is 26.4. The molecule has 0 aromatic heterocycles. The van der Waals surface area contributed by atoms with Crippen LogP contribution in [0.5, 0.6) is 0 Å². The molecule has 2 unspecified atom stereocenters. The van der Waals surface area contributed by atoms with Crippen LogP contribution in [-0.2, 0) is 4.79 Å². The number of alkyl halides is 3. The maximum Gasteiger partial charge on any atom is 0.471 e. The van der Waals surface area contributed by atoms with Gasteiger partial charge in [0.2, 0.25) is 0 Å². The van der Waals surface area contributed by atoms with Crippen molar-refractivity contribution in [1.82, 2.24) is 10.2 Å². The molecule has 1 aliphatic rings. The van der Waals surface area contributed by atoms with E-state index in [4.69, 9.17) is 5.11 Å². The van der Waals surface area contributed by atoms with Crippen LogP contribution in [0, 0.1) is 5.92 Å². The Morgan fingerprint density at radius 1 is 1.53 bits per heavy atom. The van der Waals surface area contributed by atoms with E-state index >= 15 is 0 Å². The largest absolute Gasteiger partial charge is 0.471 e. The topological polar surface area (TPSA) is 52.6 Å². The molecule has 2 atom stereocenters. The van der Waals surface area contributed by atoms with Gasteiger partial charge in [0.05, 0.1) is 12.6 Å². The Hall–Kier alpha value is -0.820. The zero-order valence-corrected chi connectivity index (χ0v) is 9.79. The van der Waals surface area contributed by atoms with E-state index in [9.17, 15) is 18.0 Å². The van der Waals surface area contributed by atoms with Gasteiger partial charge in [-0.15, -0.1) is 0 Å². The Kier molecular flexibility index (Phi) is 4.37. The van der Waals surface area contributed by atoms with Gasteiger partial charge in [-0.25, -0.2) is 0 Å². The minimum absolute atomic E-state index is 0.0266. The molecule has 1 saturated heterocycles. The molecule has 0 aliphatic carbocycles. The van der Waals surface area contributed by atoms with Crippen molar-refractivity contribution in [1.29, 1.82) is 0 Å². The molecule has 0 aromatic rings. The molecule has 1 aliphatic heterocycles. The lowest BCUT2D eigenvalue weighted by Crippen LogP contribution is -2.62. The van der Waals surface area contributed by atoms with Crippen molar-refractivity contribution in [2.75, 3.05) is 19.7 Å². The van der Waals surface area contributed by atoms with E-state index in [1.54, 1.807) is 0 Å². The van der Waals surface area contributed by atoms with E-state index in [0.717, 1.165) is 4.90 Å². The van der Waals surface area contributed by atoms with Crippen LogP contribution in [0.4, 0.5) is 13.2 Å². The lowest BCUT2D eigenvalue weighted by molar-refractivity contribution is -0.190. The molecule has 1 amide bonds. The van der Waals surface area contributed by atoms with Crippen molar-refractivity contribution in [2.24, 2.45) is 5.92 Å². The highest BCUT2D eigenvalue weighted by atomic mass is 19.4. The lowest BCUT2D eigenvalue weighted by atomic mass is 9.99. The second-order valence-electron chi connectivity index (χ2n) is 4.55. The van der Waals surface area contributed by atoms with Crippen LogP contribution in [0.1, 0.15) is 13.8 Å². The van der Waals surface area contributed by atoms with Crippen molar-refractivity contribution in [2.45, 2.75) is 32.1 Å². The molecule has 0 spiro atoms. The van der Waals surface area contributed by atoms with Crippen LogP contribution in [0.3, 0.4) is 0 Å². The molecule has 17 heavy (non-hydrogen) atoms. The van der Waals surface area contributed by atoms with Gasteiger partial charge in [-0.2, -0.15) is 13.2 Å². The highest BCUT2D eigenvalue weighted by molar-refractivity contribution is 5.82. The number of carbonyl (C=O) groups excluding carboxylic acids is 1. The molecule has 4 nitrogen and oxygen atoms in total. The van der Waals surface area contributed by atoms with E-state index in [1.807, 2.05) is 13.8 Å². The van der Waals surface area contributed by atoms with Crippen molar-refractivity contribution in [3.63, 3.8) is 0 Å².